The summed E-state index contributed by atoms with van der Waals surface area (Å²) in [5.74, 6) is 0.158. The van der Waals surface area contributed by atoms with E-state index in [4.69, 9.17) is 15.5 Å². The molecule has 3 aromatic rings. The number of primary amides is 1. The average molecular weight is 345 g/mol. The predicted octanol–water partition coefficient (Wildman–Crippen LogP) is 3.67. The predicted molar refractivity (Wildman–Crippen MR) is 102 cm³/mol. The Balaban J connectivity index is 2.24. The highest BCUT2D eigenvalue weighted by Gasteiger charge is 2.15. The Morgan fingerprint density at radius 2 is 1.54 bits per heavy atom. The molecule has 0 spiro atoms. The first-order chi connectivity index (χ1) is 12.6. The van der Waals surface area contributed by atoms with Crippen LogP contribution in [0.3, 0.4) is 0 Å². The van der Waals surface area contributed by atoms with Crippen LogP contribution in [0.4, 0.5) is 5.82 Å². The zero-order valence-corrected chi connectivity index (χ0v) is 14.6. The minimum absolute atomic E-state index is 0.295. The maximum Gasteiger partial charge on any atom is 0.249 e. The van der Waals surface area contributed by atoms with Gasteiger partial charge in [0.1, 0.15) is 0 Å². The number of carbonyl (C=O) groups excluding carboxylic acids is 1. The minimum Gasteiger partial charge on any atom is -0.481 e. The van der Waals surface area contributed by atoms with E-state index in [1.54, 1.807) is 6.92 Å². The number of nitrogens with zero attached hydrogens (tertiary/aromatic N) is 2. The number of nitrogens with two attached hydrogens (primary N) is 1. The summed E-state index contributed by atoms with van der Waals surface area (Å²) in [4.78, 5) is 20.9. The van der Waals surface area contributed by atoms with Gasteiger partial charge in [-0.3, -0.25) is 4.79 Å². The number of pyridine rings is 1. The van der Waals surface area contributed by atoms with Crippen LogP contribution in [0, 0.1) is 6.92 Å². The first kappa shape index (κ1) is 17.4. The van der Waals surface area contributed by atoms with Gasteiger partial charge in [-0.2, -0.15) is 4.98 Å². The second-order valence-electron chi connectivity index (χ2n) is 5.72. The largest absolute Gasteiger partial charge is 0.481 e. The zero-order chi connectivity index (χ0) is 18.5. The molecular formula is C21H19N3O2. The van der Waals surface area contributed by atoms with Gasteiger partial charge in [-0.25, -0.2) is 4.99 Å². The quantitative estimate of drug-likeness (QED) is 0.717. The minimum atomic E-state index is -0.541. The summed E-state index contributed by atoms with van der Waals surface area (Å²) in [6.45, 7) is 1.78. The van der Waals surface area contributed by atoms with Gasteiger partial charge in [0.15, 0.2) is 5.82 Å². The number of rotatable bonds is 5. The van der Waals surface area contributed by atoms with Crippen LogP contribution in [0.5, 0.6) is 5.88 Å². The molecule has 26 heavy (non-hydrogen) atoms. The Hall–Kier alpha value is -3.47. The zero-order valence-electron chi connectivity index (χ0n) is 14.6. The Morgan fingerprint density at radius 1 is 1.00 bits per heavy atom. The van der Waals surface area contributed by atoms with Crippen molar-refractivity contribution in [1.82, 2.24) is 4.98 Å². The van der Waals surface area contributed by atoms with Crippen LogP contribution in [0.2, 0.25) is 0 Å². The van der Waals surface area contributed by atoms with Gasteiger partial charge in [0.2, 0.25) is 11.8 Å². The maximum atomic E-state index is 11.8. The lowest BCUT2D eigenvalue weighted by molar-refractivity contribution is 0.0999. The van der Waals surface area contributed by atoms with Gasteiger partial charge in [-0.15, -0.1) is 0 Å². The molecule has 0 aliphatic carbocycles. The number of hydrogen-bond donors (Lipinski definition) is 1. The molecule has 3 rings (SSSR count). The summed E-state index contributed by atoms with van der Waals surface area (Å²) in [6, 6.07) is 21.2. The highest BCUT2D eigenvalue weighted by Crippen LogP contribution is 2.26. The molecule has 0 aliphatic heterocycles. The molecule has 5 nitrogen and oxygen atoms in total. The molecule has 0 fully saturated rings. The Kier molecular flexibility index (Phi) is 5.08. The molecule has 0 saturated heterocycles. The van der Waals surface area contributed by atoms with E-state index in [0.717, 1.165) is 16.8 Å². The van der Waals surface area contributed by atoms with Crippen molar-refractivity contribution in [2.75, 3.05) is 7.11 Å². The normalized spacial score (nSPS) is 10.2. The highest BCUT2D eigenvalue weighted by atomic mass is 16.5. The van der Waals surface area contributed by atoms with Crippen LogP contribution in [0.1, 0.15) is 27.0 Å². The van der Waals surface area contributed by atoms with Gasteiger partial charge in [0.05, 0.1) is 18.4 Å². The third-order valence-electron chi connectivity index (χ3n) is 4.01. The van der Waals surface area contributed by atoms with Gasteiger partial charge in [-0.1, -0.05) is 60.7 Å². The van der Waals surface area contributed by atoms with Crippen LogP contribution < -0.4 is 10.5 Å². The summed E-state index contributed by atoms with van der Waals surface area (Å²) >= 11 is 0. The molecule has 2 aromatic carbocycles. The third kappa shape index (κ3) is 3.62. The molecule has 1 aromatic heterocycles. The van der Waals surface area contributed by atoms with Crippen molar-refractivity contribution in [3.05, 3.63) is 89.0 Å². The van der Waals surface area contributed by atoms with E-state index in [9.17, 15) is 4.79 Å². The van der Waals surface area contributed by atoms with Crippen molar-refractivity contribution in [3.63, 3.8) is 0 Å². The van der Waals surface area contributed by atoms with Gasteiger partial charge in [0, 0.05) is 22.8 Å². The number of aliphatic imine (C=N–C) groups is 1. The molecule has 0 aliphatic rings. The lowest BCUT2D eigenvalue weighted by atomic mass is 10.0. The molecule has 0 saturated carbocycles. The third-order valence-corrected chi connectivity index (χ3v) is 4.01. The highest BCUT2D eigenvalue weighted by molar-refractivity contribution is 6.14. The van der Waals surface area contributed by atoms with Crippen LogP contribution in [-0.2, 0) is 0 Å². The topological polar surface area (TPSA) is 77.6 Å². The van der Waals surface area contributed by atoms with E-state index in [1.165, 1.54) is 13.2 Å². The summed E-state index contributed by atoms with van der Waals surface area (Å²) < 4.78 is 5.21. The molecule has 2 N–H and O–H groups in total. The summed E-state index contributed by atoms with van der Waals surface area (Å²) in [5, 5.41) is 0. The van der Waals surface area contributed by atoms with Gasteiger partial charge in [-0.05, 0) is 6.92 Å². The molecule has 1 heterocycles. The number of hydrogen-bond acceptors (Lipinski definition) is 4. The van der Waals surface area contributed by atoms with E-state index in [2.05, 4.69) is 4.98 Å². The summed E-state index contributed by atoms with van der Waals surface area (Å²) in [5.41, 5.74) is 9.10. The van der Waals surface area contributed by atoms with Crippen LogP contribution >= 0.6 is 0 Å². The SMILES string of the molecule is COc1cc(C(N)=O)c(C)c(N=C(c2ccccc2)c2ccccc2)n1. The second kappa shape index (κ2) is 7.61. The molecule has 130 valence electrons. The molecule has 1 amide bonds. The van der Waals surface area contributed by atoms with Crippen molar-refractivity contribution in [1.29, 1.82) is 0 Å². The fourth-order valence-corrected chi connectivity index (χ4v) is 2.64. The Bertz CT molecular complexity index is 910. The van der Waals surface area contributed by atoms with E-state index in [0.29, 0.717) is 22.8 Å². The van der Waals surface area contributed by atoms with E-state index >= 15 is 0 Å². The van der Waals surface area contributed by atoms with Crippen molar-refractivity contribution < 1.29 is 9.53 Å². The molecule has 0 bridgehead atoms. The average Bonchev–Trinajstić information content (AvgIpc) is 2.68. The van der Waals surface area contributed by atoms with Crippen molar-refractivity contribution in [3.8, 4) is 5.88 Å². The maximum absolute atomic E-state index is 11.8. The summed E-state index contributed by atoms with van der Waals surface area (Å²) in [7, 11) is 1.49. The lowest BCUT2D eigenvalue weighted by Crippen LogP contribution is -2.14. The van der Waals surface area contributed by atoms with Crippen molar-refractivity contribution >= 4 is 17.4 Å². The number of benzene rings is 2. The number of methoxy groups -OCH3 is 1. The lowest BCUT2D eigenvalue weighted by Gasteiger charge is -2.11. The molecular weight excluding hydrogens is 326 g/mol. The first-order valence-electron chi connectivity index (χ1n) is 8.15. The number of aromatic nitrogens is 1. The molecule has 0 unspecified atom stereocenters. The van der Waals surface area contributed by atoms with Crippen LogP contribution in [0.25, 0.3) is 0 Å². The molecule has 5 heteroatoms. The smallest absolute Gasteiger partial charge is 0.249 e. The van der Waals surface area contributed by atoms with Crippen LogP contribution in [-0.4, -0.2) is 23.7 Å². The van der Waals surface area contributed by atoms with E-state index < -0.39 is 5.91 Å². The Morgan fingerprint density at radius 3 is 2.00 bits per heavy atom. The van der Waals surface area contributed by atoms with Crippen molar-refractivity contribution in [2.24, 2.45) is 10.7 Å². The van der Waals surface area contributed by atoms with Crippen molar-refractivity contribution in [2.45, 2.75) is 6.92 Å². The van der Waals surface area contributed by atoms with E-state index in [1.807, 2.05) is 60.7 Å². The van der Waals surface area contributed by atoms with Gasteiger partial charge < -0.3 is 10.5 Å². The number of carbonyl (C=O) groups is 1. The Labute approximate surface area is 152 Å². The standard InChI is InChI=1S/C21H19N3O2/c1-14-17(20(22)25)13-18(26-2)23-21(14)24-19(15-9-5-3-6-10-15)16-11-7-4-8-12-16/h3-13H,1-2H3,(H2,22,25). The molecule has 0 atom stereocenters. The van der Waals surface area contributed by atoms with E-state index in [-0.39, 0.29) is 0 Å². The first-order valence-corrected chi connectivity index (χ1v) is 8.15. The van der Waals surface area contributed by atoms with Gasteiger partial charge >= 0.3 is 0 Å². The second-order valence-corrected chi connectivity index (χ2v) is 5.72. The molecule has 0 radical (unpaired) electrons. The van der Waals surface area contributed by atoms with Gasteiger partial charge in [0.25, 0.3) is 0 Å². The fraction of sp³-hybridized carbons (Fsp3) is 0.0952. The summed E-state index contributed by atoms with van der Waals surface area (Å²) in [6.07, 6.45) is 0. The fourth-order valence-electron chi connectivity index (χ4n) is 2.64. The number of amides is 1. The number of ether oxygens (including phenoxy) is 1. The van der Waals surface area contributed by atoms with Crippen LogP contribution in [0.15, 0.2) is 71.7 Å². The monoisotopic (exact) mass is 345 g/mol.